The predicted molar refractivity (Wildman–Crippen MR) is 85.6 cm³/mol. The Bertz CT molecular complexity index is 468. The van der Waals surface area contributed by atoms with Crippen molar-refractivity contribution in [2.75, 3.05) is 37.6 Å². The molecule has 0 bridgehead atoms. The van der Waals surface area contributed by atoms with Gasteiger partial charge in [0, 0.05) is 50.0 Å². The second-order valence-corrected chi connectivity index (χ2v) is 6.29. The van der Waals surface area contributed by atoms with E-state index in [4.69, 9.17) is 5.73 Å². The lowest BCUT2D eigenvalue weighted by Gasteiger charge is -2.38. The zero-order valence-corrected chi connectivity index (χ0v) is 13.1. The van der Waals surface area contributed by atoms with Crippen LogP contribution in [0.5, 0.6) is 0 Å². The van der Waals surface area contributed by atoms with Gasteiger partial charge in [0.1, 0.15) is 12.1 Å². The van der Waals surface area contributed by atoms with Gasteiger partial charge in [0.25, 0.3) is 0 Å². The minimum absolute atomic E-state index is 0.481. The van der Waals surface area contributed by atoms with E-state index in [1.54, 1.807) is 6.33 Å². The molecular weight excluding hydrogens is 262 g/mol. The van der Waals surface area contributed by atoms with E-state index in [1.165, 1.54) is 36.3 Å². The molecule has 1 atom stereocenters. The molecule has 21 heavy (non-hydrogen) atoms. The highest BCUT2D eigenvalue weighted by molar-refractivity contribution is 5.49. The molecule has 5 heteroatoms. The Labute approximate surface area is 127 Å². The zero-order valence-electron chi connectivity index (χ0n) is 13.1. The number of nitrogens with zero attached hydrogens (tertiary/aromatic N) is 4. The largest absolute Gasteiger partial charge is 0.354 e. The van der Waals surface area contributed by atoms with Crippen molar-refractivity contribution in [1.82, 2.24) is 14.9 Å². The summed E-state index contributed by atoms with van der Waals surface area (Å²) in [6, 6.07) is 0.481. The standard InChI is InChI=1S/C16H27N5/c1-13(11-17)20-7-9-21(10-8-20)16-14-5-3-2-4-6-15(14)18-12-19-16/h12-13H,2-11,17H2,1H3. The molecule has 2 aliphatic rings. The molecule has 5 nitrogen and oxygen atoms in total. The molecule has 1 saturated heterocycles. The van der Waals surface area contributed by atoms with Crippen molar-refractivity contribution in [3.05, 3.63) is 17.6 Å². The monoisotopic (exact) mass is 289 g/mol. The molecule has 1 aromatic rings. The van der Waals surface area contributed by atoms with E-state index in [1.807, 2.05) is 0 Å². The second-order valence-electron chi connectivity index (χ2n) is 6.29. The van der Waals surface area contributed by atoms with Gasteiger partial charge in [-0.25, -0.2) is 9.97 Å². The van der Waals surface area contributed by atoms with Crippen LogP contribution in [0, 0.1) is 0 Å². The van der Waals surface area contributed by atoms with Crippen LogP contribution in [0.1, 0.15) is 37.4 Å². The molecule has 116 valence electrons. The summed E-state index contributed by atoms with van der Waals surface area (Å²) in [5.74, 6) is 1.20. The lowest BCUT2D eigenvalue weighted by Crippen LogP contribution is -2.51. The van der Waals surface area contributed by atoms with E-state index in [-0.39, 0.29) is 0 Å². The Hall–Kier alpha value is -1.20. The Balaban J connectivity index is 1.74. The maximum absolute atomic E-state index is 5.78. The SMILES string of the molecule is CC(CN)N1CCN(c2ncnc3c2CCCCC3)CC1. The normalized spacial score (nSPS) is 21.7. The Kier molecular flexibility index (Phi) is 4.70. The number of hydrogen-bond acceptors (Lipinski definition) is 5. The van der Waals surface area contributed by atoms with E-state index in [0.717, 1.165) is 45.6 Å². The van der Waals surface area contributed by atoms with Crippen LogP contribution in [0.2, 0.25) is 0 Å². The van der Waals surface area contributed by atoms with Gasteiger partial charge < -0.3 is 10.6 Å². The van der Waals surface area contributed by atoms with Gasteiger partial charge in [-0.2, -0.15) is 0 Å². The van der Waals surface area contributed by atoms with Crippen molar-refractivity contribution in [2.45, 2.75) is 45.1 Å². The molecule has 1 aromatic heterocycles. The van der Waals surface area contributed by atoms with Gasteiger partial charge in [-0.05, 0) is 32.6 Å². The van der Waals surface area contributed by atoms with E-state index in [2.05, 4.69) is 26.7 Å². The first-order valence-electron chi connectivity index (χ1n) is 8.31. The summed E-state index contributed by atoms with van der Waals surface area (Å²) in [5.41, 5.74) is 8.48. The van der Waals surface area contributed by atoms with Gasteiger partial charge in [-0.15, -0.1) is 0 Å². The number of fused-ring (bicyclic) bond motifs is 1. The first-order valence-corrected chi connectivity index (χ1v) is 8.31. The van der Waals surface area contributed by atoms with Gasteiger partial charge in [0.15, 0.2) is 0 Å². The van der Waals surface area contributed by atoms with Crippen LogP contribution < -0.4 is 10.6 Å². The zero-order chi connectivity index (χ0) is 14.7. The lowest BCUT2D eigenvalue weighted by atomic mass is 10.1. The number of rotatable bonds is 3. The molecule has 3 rings (SSSR count). The van der Waals surface area contributed by atoms with Crippen molar-refractivity contribution in [3.8, 4) is 0 Å². The van der Waals surface area contributed by atoms with E-state index < -0.39 is 0 Å². The highest BCUT2D eigenvalue weighted by Crippen LogP contribution is 2.27. The lowest BCUT2D eigenvalue weighted by molar-refractivity contribution is 0.201. The minimum atomic E-state index is 0.481. The summed E-state index contributed by atoms with van der Waals surface area (Å²) in [5, 5.41) is 0. The summed E-state index contributed by atoms with van der Waals surface area (Å²) < 4.78 is 0. The summed E-state index contributed by atoms with van der Waals surface area (Å²) in [6.07, 6.45) is 7.88. The topological polar surface area (TPSA) is 58.3 Å². The van der Waals surface area contributed by atoms with Crippen molar-refractivity contribution in [1.29, 1.82) is 0 Å². The molecule has 1 aliphatic heterocycles. The average Bonchev–Trinajstić information content (AvgIpc) is 2.79. The number of aromatic nitrogens is 2. The number of aryl methyl sites for hydroxylation is 1. The van der Waals surface area contributed by atoms with Crippen molar-refractivity contribution < 1.29 is 0 Å². The Morgan fingerprint density at radius 2 is 1.86 bits per heavy atom. The molecule has 2 heterocycles. The van der Waals surface area contributed by atoms with Gasteiger partial charge in [0.05, 0.1) is 0 Å². The number of anilines is 1. The molecule has 1 aliphatic carbocycles. The molecule has 2 N–H and O–H groups in total. The third kappa shape index (κ3) is 3.19. The van der Waals surface area contributed by atoms with Crippen molar-refractivity contribution >= 4 is 5.82 Å². The van der Waals surface area contributed by atoms with E-state index >= 15 is 0 Å². The summed E-state index contributed by atoms with van der Waals surface area (Å²) >= 11 is 0. The fourth-order valence-electron chi connectivity index (χ4n) is 3.48. The van der Waals surface area contributed by atoms with Gasteiger partial charge in [-0.3, -0.25) is 4.90 Å². The first kappa shape index (κ1) is 14.7. The summed E-state index contributed by atoms with van der Waals surface area (Å²) in [7, 11) is 0. The van der Waals surface area contributed by atoms with Gasteiger partial charge in [-0.1, -0.05) is 6.42 Å². The van der Waals surface area contributed by atoms with Gasteiger partial charge >= 0.3 is 0 Å². The molecular formula is C16H27N5. The molecule has 1 unspecified atom stereocenters. The molecule has 0 aromatic carbocycles. The number of piperazine rings is 1. The third-order valence-electron chi connectivity index (χ3n) is 4.93. The fourth-order valence-corrected chi connectivity index (χ4v) is 3.48. The van der Waals surface area contributed by atoms with Crippen LogP contribution in [0.4, 0.5) is 5.82 Å². The summed E-state index contributed by atoms with van der Waals surface area (Å²) in [6.45, 7) is 7.21. The minimum Gasteiger partial charge on any atom is -0.354 e. The number of hydrogen-bond donors (Lipinski definition) is 1. The fraction of sp³-hybridized carbons (Fsp3) is 0.750. The molecule has 0 saturated carbocycles. The van der Waals surface area contributed by atoms with Crippen LogP contribution in [-0.2, 0) is 12.8 Å². The highest BCUT2D eigenvalue weighted by atomic mass is 15.3. The van der Waals surface area contributed by atoms with Crippen LogP contribution in [-0.4, -0.2) is 53.6 Å². The second kappa shape index (κ2) is 6.71. The molecule has 0 amide bonds. The molecule has 0 spiro atoms. The average molecular weight is 289 g/mol. The molecule has 1 fully saturated rings. The van der Waals surface area contributed by atoms with E-state index in [9.17, 15) is 0 Å². The van der Waals surface area contributed by atoms with Gasteiger partial charge in [0.2, 0.25) is 0 Å². The van der Waals surface area contributed by atoms with Crippen LogP contribution in [0.25, 0.3) is 0 Å². The van der Waals surface area contributed by atoms with E-state index in [0.29, 0.717) is 6.04 Å². The van der Waals surface area contributed by atoms with Crippen molar-refractivity contribution in [3.63, 3.8) is 0 Å². The maximum Gasteiger partial charge on any atom is 0.135 e. The quantitative estimate of drug-likeness (QED) is 0.848. The smallest absolute Gasteiger partial charge is 0.135 e. The van der Waals surface area contributed by atoms with Crippen LogP contribution in [0.3, 0.4) is 0 Å². The number of nitrogens with two attached hydrogens (primary N) is 1. The highest BCUT2D eigenvalue weighted by Gasteiger charge is 2.24. The third-order valence-corrected chi connectivity index (χ3v) is 4.93. The Morgan fingerprint density at radius 1 is 1.10 bits per heavy atom. The Morgan fingerprint density at radius 3 is 2.62 bits per heavy atom. The molecule has 0 radical (unpaired) electrons. The first-order chi connectivity index (χ1) is 10.3. The predicted octanol–water partition coefficient (Wildman–Crippen LogP) is 1.21. The van der Waals surface area contributed by atoms with Crippen molar-refractivity contribution in [2.24, 2.45) is 5.73 Å². The summed E-state index contributed by atoms with van der Waals surface area (Å²) in [4.78, 5) is 14.1. The van der Waals surface area contributed by atoms with Crippen LogP contribution >= 0.6 is 0 Å². The van der Waals surface area contributed by atoms with Crippen LogP contribution in [0.15, 0.2) is 6.33 Å². The maximum atomic E-state index is 5.78.